The number of nitrogens with one attached hydrogen (secondary N) is 1. The summed E-state index contributed by atoms with van der Waals surface area (Å²) in [5.41, 5.74) is 2.30. The molecule has 2 heterocycles. The molecule has 0 spiro atoms. The Morgan fingerprint density at radius 3 is 2.88 bits per heavy atom. The van der Waals surface area contributed by atoms with Crippen LogP contribution >= 0.6 is 23.1 Å². The van der Waals surface area contributed by atoms with E-state index in [-0.39, 0.29) is 12.2 Å². The number of likely N-dealkylation sites (N-methyl/N-ethyl adjacent to an activating group) is 1. The van der Waals surface area contributed by atoms with E-state index in [1.807, 2.05) is 19.2 Å². The third-order valence-electron chi connectivity index (χ3n) is 4.04. The molecule has 1 aromatic heterocycles. The predicted octanol–water partition coefficient (Wildman–Crippen LogP) is 3.91. The average Bonchev–Trinajstić information content (AvgIpc) is 3.18. The Hall–Kier alpha value is -1.80. The third-order valence-corrected chi connectivity index (χ3v) is 6.30. The number of aromatic nitrogens is 2. The molecular formula is C17H23N5OS2. The average molecular weight is 378 g/mol. The van der Waals surface area contributed by atoms with Gasteiger partial charge in [-0.3, -0.25) is 0 Å². The Kier molecular flexibility index (Phi) is 5.80. The summed E-state index contributed by atoms with van der Waals surface area (Å²) in [6.45, 7) is 4.87. The van der Waals surface area contributed by atoms with Gasteiger partial charge < -0.3 is 10.2 Å². The van der Waals surface area contributed by atoms with Crippen LogP contribution in [0.25, 0.3) is 0 Å². The Morgan fingerprint density at radius 2 is 2.12 bits per heavy atom. The molecule has 8 heteroatoms. The molecule has 1 N–H and O–H groups in total. The summed E-state index contributed by atoms with van der Waals surface area (Å²) < 4.78 is 0.909. The Labute approximate surface area is 156 Å². The van der Waals surface area contributed by atoms with Crippen LogP contribution in [-0.4, -0.2) is 46.6 Å². The van der Waals surface area contributed by atoms with Crippen molar-refractivity contribution in [1.29, 1.82) is 0 Å². The molecule has 1 fully saturated rings. The normalized spacial score (nSPS) is 17.4. The van der Waals surface area contributed by atoms with Crippen LogP contribution < -0.4 is 10.2 Å². The number of aryl methyl sites for hydroxylation is 1. The molecule has 1 atom stereocenters. The second-order valence-electron chi connectivity index (χ2n) is 5.90. The summed E-state index contributed by atoms with van der Waals surface area (Å²) in [6.07, 6.45) is 1.88. The molecule has 3 rings (SSSR count). The van der Waals surface area contributed by atoms with E-state index in [1.54, 1.807) is 21.6 Å². The van der Waals surface area contributed by atoms with Gasteiger partial charge in [0.15, 0.2) is 4.34 Å². The molecule has 1 aliphatic rings. The molecule has 0 aliphatic carbocycles. The van der Waals surface area contributed by atoms with Gasteiger partial charge in [0, 0.05) is 18.5 Å². The maximum atomic E-state index is 12.6. The van der Waals surface area contributed by atoms with Crippen molar-refractivity contribution in [3.05, 3.63) is 29.8 Å². The number of carbonyl (C=O) groups is 1. The zero-order valence-corrected chi connectivity index (χ0v) is 16.4. The molecule has 2 aromatic rings. The smallest absolute Gasteiger partial charge is 0.328 e. The van der Waals surface area contributed by atoms with Crippen molar-refractivity contribution in [3.8, 4) is 0 Å². The van der Waals surface area contributed by atoms with Crippen molar-refractivity contribution in [2.75, 3.05) is 29.6 Å². The lowest BCUT2D eigenvalue weighted by Gasteiger charge is -2.23. The number of benzene rings is 1. The van der Waals surface area contributed by atoms with E-state index in [1.165, 1.54) is 16.9 Å². The van der Waals surface area contributed by atoms with Crippen molar-refractivity contribution >= 4 is 39.9 Å². The topological polar surface area (TPSA) is 61.4 Å². The van der Waals surface area contributed by atoms with Gasteiger partial charge in [-0.1, -0.05) is 55.1 Å². The first kappa shape index (κ1) is 18.0. The fourth-order valence-electron chi connectivity index (χ4n) is 2.76. The summed E-state index contributed by atoms with van der Waals surface area (Å²) in [7, 11) is 1.82. The number of urea groups is 1. The monoisotopic (exact) mass is 377 g/mol. The molecule has 1 saturated heterocycles. The molecule has 0 saturated carbocycles. The Bertz CT molecular complexity index is 735. The summed E-state index contributed by atoms with van der Waals surface area (Å²) in [5.74, 6) is 1.01. The van der Waals surface area contributed by atoms with Crippen molar-refractivity contribution in [2.45, 2.75) is 37.2 Å². The summed E-state index contributed by atoms with van der Waals surface area (Å²) in [6, 6.07) is 8.17. The number of nitrogens with zero attached hydrogens (tertiary/aromatic N) is 4. The third kappa shape index (κ3) is 3.90. The fraction of sp³-hybridized carbons (Fsp3) is 0.471. The zero-order valence-electron chi connectivity index (χ0n) is 14.7. The highest BCUT2D eigenvalue weighted by molar-refractivity contribution is 8.01. The molecule has 0 radical (unpaired) electrons. The molecule has 1 aliphatic heterocycles. The van der Waals surface area contributed by atoms with Crippen LogP contribution in [0.2, 0.25) is 0 Å². The molecule has 25 heavy (non-hydrogen) atoms. The molecule has 1 unspecified atom stereocenters. The largest absolute Gasteiger partial charge is 0.363 e. The zero-order chi connectivity index (χ0) is 17.8. The van der Waals surface area contributed by atoms with Gasteiger partial charge in [0.1, 0.15) is 6.17 Å². The van der Waals surface area contributed by atoms with Gasteiger partial charge in [0.2, 0.25) is 5.13 Å². The van der Waals surface area contributed by atoms with E-state index < -0.39 is 0 Å². The molecule has 0 bridgehead atoms. The Balaban J connectivity index is 1.82. The highest BCUT2D eigenvalue weighted by atomic mass is 32.2. The van der Waals surface area contributed by atoms with E-state index in [0.717, 1.165) is 28.6 Å². The number of thioether (sulfide) groups is 1. The summed E-state index contributed by atoms with van der Waals surface area (Å²) >= 11 is 3.17. The van der Waals surface area contributed by atoms with Gasteiger partial charge in [0.25, 0.3) is 0 Å². The van der Waals surface area contributed by atoms with Gasteiger partial charge >= 0.3 is 6.03 Å². The van der Waals surface area contributed by atoms with Gasteiger partial charge in [-0.05, 0) is 24.5 Å². The number of amides is 2. The number of anilines is 2. The number of hydrogen-bond donors (Lipinski definition) is 1. The molecule has 134 valence electrons. The van der Waals surface area contributed by atoms with Gasteiger partial charge in [-0.2, -0.15) is 0 Å². The van der Waals surface area contributed by atoms with Gasteiger partial charge in [-0.15, -0.1) is 10.2 Å². The lowest BCUT2D eigenvalue weighted by atomic mass is 10.1. The molecule has 1 aromatic carbocycles. The van der Waals surface area contributed by atoms with Crippen LogP contribution in [-0.2, 0) is 6.42 Å². The molecule has 2 amide bonds. The van der Waals surface area contributed by atoms with E-state index in [9.17, 15) is 4.79 Å². The van der Waals surface area contributed by atoms with E-state index >= 15 is 0 Å². The van der Waals surface area contributed by atoms with Crippen molar-refractivity contribution in [1.82, 2.24) is 15.1 Å². The first-order valence-corrected chi connectivity index (χ1v) is 10.3. The lowest BCUT2D eigenvalue weighted by Crippen LogP contribution is -2.39. The van der Waals surface area contributed by atoms with Crippen LogP contribution in [0, 0.1) is 0 Å². The molecular weight excluding hydrogens is 354 g/mol. The SMILES string of the molecule is CCCSc1nnc(N2C(=O)N(C)CC2Nc2ccccc2CC)s1. The summed E-state index contributed by atoms with van der Waals surface area (Å²) in [4.78, 5) is 16.1. The van der Waals surface area contributed by atoms with E-state index in [2.05, 4.69) is 41.5 Å². The van der Waals surface area contributed by atoms with Crippen LogP contribution in [0.5, 0.6) is 0 Å². The van der Waals surface area contributed by atoms with Crippen LogP contribution in [0.3, 0.4) is 0 Å². The number of rotatable bonds is 7. The summed E-state index contributed by atoms with van der Waals surface area (Å²) in [5, 5.41) is 12.7. The minimum Gasteiger partial charge on any atom is -0.363 e. The van der Waals surface area contributed by atoms with Crippen LogP contribution in [0.1, 0.15) is 25.8 Å². The fourth-order valence-corrected chi connectivity index (χ4v) is 4.57. The predicted molar refractivity (Wildman–Crippen MR) is 105 cm³/mol. The number of carbonyl (C=O) groups excluding carboxylic acids is 1. The minimum atomic E-state index is -0.151. The van der Waals surface area contributed by atoms with Crippen molar-refractivity contribution in [2.24, 2.45) is 0 Å². The van der Waals surface area contributed by atoms with Gasteiger partial charge in [-0.25, -0.2) is 9.69 Å². The maximum Gasteiger partial charge on any atom is 0.328 e. The number of para-hydroxylation sites is 1. The van der Waals surface area contributed by atoms with E-state index in [4.69, 9.17) is 0 Å². The first-order valence-electron chi connectivity index (χ1n) is 8.49. The lowest BCUT2D eigenvalue weighted by molar-refractivity contribution is 0.229. The minimum absolute atomic E-state index is 0.0466. The Morgan fingerprint density at radius 1 is 1.32 bits per heavy atom. The highest BCUT2D eigenvalue weighted by Crippen LogP contribution is 2.32. The second-order valence-corrected chi connectivity index (χ2v) is 8.20. The van der Waals surface area contributed by atoms with Crippen molar-refractivity contribution in [3.63, 3.8) is 0 Å². The van der Waals surface area contributed by atoms with Crippen LogP contribution in [0.15, 0.2) is 28.6 Å². The molecule has 6 nitrogen and oxygen atoms in total. The second kappa shape index (κ2) is 8.05. The van der Waals surface area contributed by atoms with Crippen LogP contribution in [0.4, 0.5) is 15.6 Å². The van der Waals surface area contributed by atoms with E-state index in [0.29, 0.717) is 11.7 Å². The first-order chi connectivity index (χ1) is 12.1. The van der Waals surface area contributed by atoms with Crippen molar-refractivity contribution < 1.29 is 4.79 Å². The maximum absolute atomic E-state index is 12.6. The quantitative estimate of drug-likeness (QED) is 0.585. The van der Waals surface area contributed by atoms with Gasteiger partial charge in [0.05, 0.1) is 6.54 Å². The number of hydrogen-bond acceptors (Lipinski definition) is 6. The standard InChI is InChI=1S/C17H23N5OS2/c1-4-10-24-16-20-19-15(25-16)22-14(11-21(3)17(22)23)18-13-9-7-6-8-12(13)5-2/h6-9,14,18H,4-5,10-11H2,1-3H3. The highest BCUT2D eigenvalue weighted by Gasteiger charge is 2.38.